The minimum absolute atomic E-state index is 0.0590. The van der Waals surface area contributed by atoms with Crippen molar-refractivity contribution in [2.45, 2.75) is 0 Å². The molecule has 0 atom stereocenters. The number of halogens is 1. The molecule has 0 unspecified atom stereocenters. The topological polar surface area (TPSA) is 75.1 Å². The van der Waals surface area contributed by atoms with Gasteiger partial charge in [0.1, 0.15) is 11.1 Å². The summed E-state index contributed by atoms with van der Waals surface area (Å²) in [7, 11) is 0. The van der Waals surface area contributed by atoms with E-state index in [1.165, 1.54) is 0 Å². The zero-order valence-corrected chi connectivity index (χ0v) is 6.33. The first kappa shape index (κ1) is 7.11. The fourth-order valence-corrected chi connectivity index (χ4v) is 0.813. The molecule has 0 N–H and O–H groups in total. The normalized spacial score (nSPS) is 16.7. The molecule has 0 aromatic heterocycles. The largest absolute Gasteiger partial charge is 0.457 e. The predicted octanol–water partition coefficient (Wildman–Crippen LogP) is 1.46. The third kappa shape index (κ3) is 1.12. The highest BCUT2D eigenvalue weighted by atomic mass is 79.9. The highest BCUT2D eigenvalue weighted by molar-refractivity contribution is 9.12. The van der Waals surface area contributed by atoms with Crippen LogP contribution in [0.2, 0.25) is 0 Å². The Morgan fingerprint density at radius 2 is 2.50 bits per heavy atom. The van der Waals surface area contributed by atoms with E-state index in [2.05, 4.69) is 30.7 Å². The first-order chi connectivity index (χ1) is 4.75. The van der Waals surface area contributed by atoms with Crippen LogP contribution in [0.3, 0.4) is 0 Å². The number of esters is 1. The number of cyclic esters (lactones) is 1. The maximum Gasteiger partial charge on any atom is 0.345 e. The van der Waals surface area contributed by atoms with Gasteiger partial charge in [-0.15, -0.1) is 0 Å². The standard InChI is InChI=1S/C4H2BrN3O2/c5-3-2(7-8-6)1-10-4(3)9/h1H2. The van der Waals surface area contributed by atoms with E-state index in [1.807, 2.05) is 0 Å². The van der Waals surface area contributed by atoms with Crippen molar-refractivity contribution >= 4 is 21.9 Å². The van der Waals surface area contributed by atoms with Crippen molar-refractivity contribution in [2.24, 2.45) is 5.11 Å². The lowest BCUT2D eigenvalue weighted by atomic mass is 10.5. The maximum atomic E-state index is 10.5. The lowest BCUT2D eigenvalue weighted by molar-refractivity contribution is -0.135. The molecule has 1 aliphatic heterocycles. The van der Waals surface area contributed by atoms with Crippen LogP contribution in [0.25, 0.3) is 10.4 Å². The van der Waals surface area contributed by atoms with Gasteiger partial charge in [0, 0.05) is 4.91 Å². The van der Waals surface area contributed by atoms with Crippen LogP contribution in [0.1, 0.15) is 0 Å². The molecule has 0 fully saturated rings. The molecule has 0 radical (unpaired) electrons. The van der Waals surface area contributed by atoms with E-state index in [1.54, 1.807) is 0 Å². The van der Waals surface area contributed by atoms with Crippen LogP contribution in [0, 0.1) is 0 Å². The van der Waals surface area contributed by atoms with Gasteiger partial charge in [-0.05, 0) is 21.5 Å². The van der Waals surface area contributed by atoms with E-state index < -0.39 is 5.97 Å². The Labute approximate surface area is 64.4 Å². The summed E-state index contributed by atoms with van der Waals surface area (Å²) in [6, 6.07) is 0. The van der Waals surface area contributed by atoms with Crippen LogP contribution < -0.4 is 0 Å². The van der Waals surface area contributed by atoms with E-state index in [4.69, 9.17) is 5.53 Å². The minimum Gasteiger partial charge on any atom is -0.457 e. The summed E-state index contributed by atoms with van der Waals surface area (Å²) < 4.78 is 4.72. The van der Waals surface area contributed by atoms with E-state index in [0.717, 1.165) is 0 Å². The number of rotatable bonds is 1. The molecule has 1 rings (SSSR count). The molecule has 0 aromatic carbocycles. The monoisotopic (exact) mass is 203 g/mol. The van der Waals surface area contributed by atoms with Gasteiger partial charge in [-0.1, -0.05) is 5.11 Å². The molecule has 1 heterocycles. The van der Waals surface area contributed by atoms with Crippen LogP contribution in [-0.4, -0.2) is 12.6 Å². The fraction of sp³-hybridized carbons (Fsp3) is 0.250. The Bertz CT molecular complexity index is 253. The van der Waals surface area contributed by atoms with Crippen LogP contribution in [0.5, 0.6) is 0 Å². The Hall–Kier alpha value is -1.00. The molecular weight excluding hydrogens is 202 g/mol. The molecule has 0 saturated carbocycles. The van der Waals surface area contributed by atoms with Gasteiger partial charge < -0.3 is 4.74 Å². The summed E-state index contributed by atoms with van der Waals surface area (Å²) in [5, 5.41) is 3.22. The second kappa shape index (κ2) is 2.72. The van der Waals surface area contributed by atoms with Gasteiger partial charge in [-0.25, -0.2) is 4.79 Å². The number of carbonyl (C=O) groups excluding carboxylic acids is 1. The zero-order valence-electron chi connectivity index (χ0n) is 4.74. The highest BCUT2D eigenvalue weighted by Crippen LogP contribution is 2.21. The molecule has 1 aliphatic rings. The molecule has 0 aromatic rings. The van der Waals surface area contributed by atoms with Gasteiger partial charge in [-0.2, -0.15) is 0 Å². The summed E-state index contributed by atoms with van der Waals surface area (Å²) in [5.41, 5.74) is 8.27. The number of hydrogen-bond acceptors (Lipinski definition) is 3. The maximum absolute atomic E-state index is 10.5. The average molecular weight is 204 g/mol. The Morgan fingerprint density at radius 1 is 1.80 bits per heavy atom. The van der Waals surface area contributed by atoms with Crippen LogP contribution in [0.4, 0.5) is 0 Å². The zero-order chi connectivity index (χ0) is 7.56. The number of ether oxygens (including phenoxy) is 1. The average Bonchev–Trinajstić information content (AvgIpc) is 2.20. The number of carbonyl (C=O) groups is 1. The second-order valence-corrected chi connectivity index (χ2v) is 2.32. The smallest absolute Gasteiger partial charge is 0.345 e. The van der Waals surface area contributed by atoms with Gasteiger partial charge in [0.2, 0.25) is 0 Å². The van der Waals surface area contributed by atoms with E-state index in [-0.39, 0.29) is 11.1 Å². The lowest BCUT2D eigenvalue weighted by Gasteiger charge is -1.85. The van der Waals surface area contributed by atoms with Crippen molar-refractivity contribution in [2.75, 3.05) is 6.61 Å². The molecule has 0 spiro atoms. The van der Waals surface area contributed by atoms with Crippen LogP contribution in [-0.2, 0) is 9.53 Å². The number of nitrogens with zero attached hydrogens (tertiary/aromatic N) is 3. The van der Waals surface area contributed by atoms with Crippen molar-refractivity contribution in [1.82, 2.24) is 0 Å². The molecule has 5 nitrogen and oxygen atoms in total. The van der Waals surface area contributed by atoms with Gasteiger partial charge in [0.15, 0.2) is 0 Å². The molecule has 0 amide bonds. The van der Waals surface area contributed by atoms with Crippen molar-refractivity contribution in [1.29, 1.82) is 0 Å². The Balaban J connectivity index is 2.95. The predicted molar refractivity (Wildman–Crippen MR) is 36.1 cm³/mol. The Morgan fingerprint density at radius 3 is 2.90 bits per heavy atom. The minimum atomic E-state index is -0.484. The van der Waals surface area contributed by atoms with E-state index >= 15 is 0 Å². The van der Waals surface area contributed by atoms with Crippen molar-refractivity contribution in [3.8, 4) is 0 Å². The van der Waals surface area contributed by atoms with Gasteiger partial charge in [-0.3, -0.25) is 0 Å². The van der Waals surface area contributed by atoms with Crippen molar-refractivity contribution < 1.29 is 9.53 Å². The number of azide groups is 1. The van der Waals surface area contributed by atoms with E-state index in [9.17, 15) is 4.79 Å². The van der Waals surface area contributed by atoms with Crippen LogP contribution >= 0.6 is 15.9 Å². The molecule has 0 aliphatic carbocycles. The van der Waals surface area contributed by atoms with Crippen molar-refractivity contribution in [3.63, 3.8) is 0 Å². The quantitative estimate of drug-likeness (QED) is 0.280. The molecule has 52 valence electrons. The van der Waals surface area contributed by atoms with E-state index in [0.29, 0.717) is 5.70 Å². The van der Waals surface area contributed by atoms with Gasteiger partial charge in [0.05, 0.1) is 5.70 Å². The van der Waals surface area contributed by atoms with Gasteiger partial charge in [0.25, 0.3) is 0 Å². The SMILES string of the molecule is [N-]=[N+]=NC1=C(Br)C(=O)OC1. The van der Waals surface area contributed by atoms with Crippen LogP contribution in [0.15, 0.2) is 15.3 Å². The first-order valence-corrected chi connectivity index (χ1v) is 3.16. The molecular formula is C4H2BrN3O2. The second-order valence-electron chi connectivity index (χ2n) is 1.53. The molecule has 6 heteroatoms. The first-order valence-electron chi connectivity index (χ1n) is 2.36. The Kier molecular flexibility index (Phi) is 1.94. The molecule has 0 bridgehead atoms. The van der Waals surface area contributed by atoms with Crippen molar-refractivity contribution in [3.05, 3.63) is 20.6 Å². The summed E-state index contributed by atoms with van der Waals surface area (Å²) in [5.74, 6) is -0.484. The summed E-state index contributed by atoms with van der Waals surface area (Å²) in [6.07, 6.45) is 0. The summed E-state index contributed by atoms with van der Waals surface area (Å²) in [6.45, 7) is 0.0590. The van der Waals surface area contributed by atoms with Gasteiger partial charge >= 0.3 is 5.97 Å². The molecule has 10 heavy (non-hydrogen) atoms. The third-order valence-electron chi connectivity index (χ3n) is 0.938. The summed E-state index contributed by atoms with van der Waals surface area (Å²) >= 11 is 2.91. The third-order valence-corrected chi connectivity index (χ3v) is 1.72. The highest BCUT2D eigenvalue weighted by Gasteiger charge is 2.20. The fourth-order valence-electron chi connectivity index (χ4n) is 0.505. The number of hydrogen-bond donors (Lipinski definition) is 0. The molecule has 0 saturated heterocycles. The lowest BCUT2D eigenvalue weighted by Crippen LogP contribution is -1.93. The summed E-state index contributed by atoms with van der Waals surface area (Å²) in [4.78, 5) is 13.1.